The molecular weight excluding hydrogens is 394 g/mol. The van der Waals surface area contributed by atoms with Gasteiger partial charge in [-0.1, -0.05) is 24.3 Å². The third-order valence-electron chi connectivity index (χ3n) is 5.18. The van der Waals surface area contributed by atoms with Crippen molar-refractivity contribution in [3.8, 4) is 28.9 Å². The number of aliphatic hydroxyl groups is 1. The van der Waals surface area contributed by atoms with Gasteiger partial charge < -0.3 is 24.1 Å². The van der Waals surface area contributed by atoms with Gasteiger partial charge in [0.05, 0.1) is 12.6 Å². The number of rotatable bonds is 5. The van der Waals surface area contributed by atoms with Crippen LogP contribution in [-0.2, 0) is 0 Å². The fourth-order valence-electron chi connectivity index (χ4n) is 3.59. The molecule has 0 radical (unpaired) electrons. The molecule has 0 spiro atoms. The Balaban J connectivity index is 1.36. The van der Waals surface area contributed by atoms with Crippen LogP contribution in [0.2, 0.25) is 0 Å². The second-order valence-corrected chi connectivity index (χ2v) is 7.24. The van der Waals surface area contributed by atoms with Crippen molar-refractivity contribution in [1.29, 1.82) is 0 Å². The Labute approximate surface area is 179 Å². The molecule has 1 aliphatic rings. The van der Waals surface area contributed by atoms with Gasteiger partial charge in [-0.2, -0.15) is 0 Å². The van der Waals surface area contributed by atoms with Crippen LogP contribution in [0.3, 0.4) is 0 Å². The fraction of sp³-hybridized carbons (Fsp3) is 0.160. The predicted octanol–water partition coefficient (Wildman–Crippen LogP) is 4.91. The van der Waals surface area contributed by atoms with E-state index in [1.165, 1.54) is 0 Å². The van der Waals surface area contributed by atoms with E-state index in [2.05, 4.69) is 4.98 Å². The van der Waals surface area contributed by atoms with Crippen LogP contribution >= 0.6 is 0 Å². The van der Waals surface area contributed by atoms with Crippen LogP contribution in [-0.4, -0.2) is 29.9 Å². The maximum Gasteiger partial charge on any atom is 0.219 e. The van der Waals surface area contributed by atoms with E-state index in [1.807, 2.05) is 54.6 Å². The Morgan fingerprint density at radius 3 is 2.68 bits per heavy atom. The zero-order valence-corrected chi connectivity index (χ0v) is 16.9. The molecule has 2 heterocycles. The number of pyridine rings is 1. The highest BCUT2D eigenvalue weighted by molar-refractivity contribution is 5.78. The quantitative estimate of drug-likeness (QED) is 0.500. The van der Waals surface area contributed by atoms with Gasteiger partial charge in [0.2, 0.25) is 5.88 Å². The second kappa shape index (κ2) is 8.16. The minimum Gasteiger partial charge on any atom is -0.497 e. The molecule has 3 aromatic carbocycles. The number of benzene rings is 3. The summed E-state index contributed by atoms with van der Waals surface area (Å²) in [5.74, 6) is 2.93. The summed E-state index contributed by atoms with van der Waals surface area (Å²) in [6.07, 6.45) is -1.43. The third-order valence-corrected chi connectivity index (χ3v) is 5.18. The normalized spacial score (nSPS) is 17.5. The van der Waals surface area contributed by atoms with E-state index in [0.29, 0.717) is 34.4 Å². The summed E-state index contributed by atoms with van der Waals surface area (Å²) in [4.78, 5) is 4.54. The smallest absolute Gasteiger partial charge is 0.219 e. The summed E-state index contributed by atoms with van der Waals surface area (Å²) < 4.78 is 23.0. The third kappa shape index (κ3) is 3.98. The van der Waals surface area contributed by atoms with E-state index in [0.717, 1.165) is 10.9 Å². The van der Waals surface area contributed by atoms with Crippen molar-refractivity contribution < 1.29 is 24.1 Å². The molecule has 1 aromatic heterocycles. The van der Waals surface area contributed by atoms with Gasteiger partial charge >= 0.3 is 0 Å². The van der Waals surface area contributed by atoms with Gasteiger partial charge in [-0.3, -0.25) is 0 Å². The molecule has 2 unspecified atom stereocenters. The average Bonchev–Trinajstić information content (AvgIpc) is 2.81. The van der Waals surface area contributed by atoms with Crippen molar-refractivity contribution in [3.05, 3.63) is 84.4 Å². The first-order valence-electron chi connectivity index (χ1n) is 9.99. The van der Waals surface area contributed by atoms with Gasteiger partial charge in [-0.15, -0.1) is 0 Å². The number of para-hydroxylation sites is 1. The first-order valence-corrected chi connectivity index (χ1v) is 9.99. The molecule has 0 bridgehead atoms. The highest BCUT2D eigenvalue weighted by Gasteiger charge is 2.31. The van der Waals surface area contributed by atoms with E-state index in [1.54, 1.807) is 31.4 Å². The highest BCUT2D eigenvalue weighted by atomic mass is 16.5. The molecular formula is C25H21NO5. The molecule has 1 aliphatic heterocycles. The number of nitrogens with zero attached hydrogens (tertiary/aromatic N) is 1. The Bertz CT molecular complexity index is 1230. The summed E-state index contributed by atoms with van der Waals surface area (Å²) in [5.41, 5.74) is 1.46. The van der Waals surface area contributed by atoms with Crippen molar-refractivity contribution in [3.63, 3.8) is 0 Å². The lowest BCUT2D eigenvalue weighted by Crippen LogP contribution is -2.35. The maximum atomic E-state index is 10.9. The number of ether oxygens (including phenoxy) is 4. The van der Waals surface area contributed by atoms with Crippen LogP contribution in [0.5, 0.6) is 28.9 Å². The lowest BCUT2D eigenvalue weighted by molar-refractivity contribution is -0.0104. The Hall–Kier alpha value is -3.77. The molecule has 6 nitrogen and oxygen atoms in total. The topological polar surface area (TPSA) is 70.0 Å². The van der Waals surface area contributed by atoms with Gasteiger partial charge in [0.25, 0.3) is 0 Å². The largest absolute Gasteiger partial charge is 0.497 e. The van der Waals surface area contributed by atoms with Crippen LogP contribution in [0, 0.1) is 0 Å². The lowest BCUT2D eigenvalue weighted by atomic mass is 10.0. The summed E-state index contributed by atoms with van der Waals surface area (Å²) in [7, 11) is 1.60. The molecule has 1 N–H and O–H groups in total. The summed E-state index contributed by atoms with van der Waals surface area (Å²) in [5, 5.41) is 12.0. The van der Waals surface area contributed by atoms with Crippen LogP contribution in [0.25, 0.3) is 10.9 Å². The van der Waals surface area contributed by atoms with E-state index in [4.69, 9.17) is 18.9 Å². The van der Waals surface area contributed by atoms with Crippen LogP contribution in [0.1, 0.15) is 11.7 Å². The van der Waals surface area contributed by atoms with E-state index < -0.39 is 12.2 Å². The Kier molecular flexibility index (Phi) is 5.06. The van der Waals surface area contributed by atoms with Crippen LogP contribution < -0.4 is 18.9 Å². The molecule has 0 saturated heterocycles. The number of methoxy groups -OCH3 is 1. The van der Waals surface area contributed by atoms with E-state index >= 15 is 0 Å². The monoisotopic (exact) mass is 415 g/mol. The Morgan fingerprint density at radius 1 is 0.903 bits per heavy atom. The summed E-state index contributed by atoms with van der Waals surface area (Å²) in [6.45, 7) is 0.234. The first kappa shape index (κ1) is 19.2. The fourth-order valence-corrected chi connectivity index (χ4v) is 3.59. The van der Waals surface area contributed by atoms with Crippen LogP contribution in [0.4, 0.5) is 0 Å². The van der Waals surface area contributed by atoms with E-state index in [-0.39, 0.29) is 6.61 Å². The van der Waals surface area contributed by atoms with Crippen molar-refractivity contribution in [2.24, 2.45) is 0 Å². The minimum atomic E-state index is -0.872. The molecule has 156 valence electrons. The van der Waals surface area contributed by atoms with Crippen molar-refractivity contribution in [2.45, 2.75) is 12.2 Å². The number of hydrogen-bond donors (Lipinski definition) is 1. The first-order chi connectivity index (χ1) is 15.2. The van der Waals surface area contributed by atoms with E-state index in [9.17, 15) is 5.11 Å². The number of aliphatic hydroxyl groups excluding tert-OH is 1. The van der Waals surface area contributed by atoms with Crippen molar-refractivity contribution in [1.82, 2.24) is 4.98 Å². The zero-order chi connectivity index (χ0) is 21.2. The predicted molar refractivity (Wildman–Crippen MR) is 116 cm³/mol. The molecule has 31 heavy (non-hydrogen) atoms. The lowest BCUT2D eigenvalue weighted by Gasteiger charge is -2.31. The minimum absolute atomic E-state index is 0.234. The molecule has 2 atom stereocenters. The summed E-state index contributed by atoms with van der Waals surface area (Å²) in [6, 6.07) is 24.2. The molecule has 0 aliphatic carbocycles. The van der Waals surface area contributed by atoms with Crippen molar-refractivity contribution in [2.75, 3.05) is 13.7 Å². The van der Waals surface area contributed by atoms with Gasteiger partial charge in [0, 0.05) is 23.1 Å². The second-order valence-electron chi connectivity index (χ2n) is 7.24. The van der Waals surface area contributed by atoms with Crippen molar-refractivity contribution >= 4 is 10.9 Å². The molecule has 0 amide bonds. The molecule has 4 aromatic rings. The molecule has 0 fully saturated rings. The van der Waals surface area contributed by atoms with Gasteiger partial charge in [0.15, 0.2) is 6.10 Å². The molecule has 0 saturated carbocycles. The van der Waals surface area contributed by atoms with Gasteiger partial charge in [-0.05, 0) is 42.5 Å². The average molecular weight is 415 g/mol. The number of hydrogen-bond acceptors (Lipinski definition) is 6. The molecule has 6 heteroatoms. The van der Waals surface area contributed by atoms with Crippen LogP contribution in [0.15, 0.2) is 78.9 Å². The maximum absolute atomic E-state index is 10.9. The summed E-state index contributed by atoms with van der Waals surface area (Å²) >= 11 is 0. The van der Waals surface area contributed by atoms with Gasteiger partial charge in [-0.25, -0.2) is 4.98 Å². The number of aromatic nitrogens is 1. The SMILES string of the molecule is COc1cccc(OC2COc3ccc(Oc4ccc5ccccc5n4)cc3C2O)c1. The Morgan fingerprint density at radius 2 is 1.77 bits per heavy atom. The zero-order valence-electron chi connectivity index (χ0n) is 16.9. The highest BCUT2D eigenvalue weighted by Crippen LogP contribution is 2.37. The molecule has 5 rings (SSSR count). The van der Waals surface area contributed by atoms with Gasteiger partial charge in [0.1, 0.15) is 35.7 Å². The standard InChI is InChI=1S/C25H21NO5/c1-28-17-6-4-7-18(13-17)30-23-15-29-22-11-10-19(14-20(22)25(23)27)31-24-12-9-16-5-2-3-8-21(16)26-24/h2-14,23,25,27H,15H2,1H3. The number of fused-ring (bicyclic) bond motifs is 2.